The molecule has 1 N–H and O–H groups in total. The van der Waals surface area contributed by atoms with Gasteiger partial charge in [0.1, 0.15) is 0 Å². The summed E-state index contributed by atoms with van der Waals surface area (Å²) in [5, 5.41) is 8.42. The standard InChI is InChI=1S/C20H19ClN4O/c21-17-7-2-1-5-15(17)13-25-19-9-3-8-18(16(19)12-23-25)24-20(26)14-6-4-10-22-11-14/h1-2,4-7,10-12,18H,3,8-9,13H2,(H,24,26)/t18-/m1/s1. The number of benzene rings is 1. The van der Waals surface area contributed by atoms with Crippen molar-refractivity contribution in [2.45, 2.75) is 31.8 Å². The van der Waals surface area contributed by atoms with Crippen molar-refractivity contribution in [3.05, 3.63) is 82.4 Å². The Labute approximate surface area is 157 Å². The number of hydrogen-bond acceptors (Lipinski definition) is 3. The smallest absolute Gasteiger partial charge is 0.253 e. The van der Waals surface area contributed by atoms with E-state index in [9.17, 15) is 4.79 Å². The molecule has 5 nitrogen and oxygen atoms in total. The second kappa shape index (κ2) is 7.30. The highest BCUT2D eigenvalue weighted by atomic mass is 35.5. The molecule has 26 heavy (non-hydrogen) atoms. The zero-order valence-electron chi connectivity index (χ0n) is 14.2. The van der Waals surface area contributed by atoms with Gasteiger partial charge in [-0.25, -0.2) is 0 Å². The molecule has 1 atom stereocenters. The van der Waals surface area contributed by atoms with Crippen molar-refractivity contribution in [1.29, 1.82) is 0 Å². The van der Waals surface area contributed by atoms with Gasteiger partial charge in [-0.15, -0.1) is 0 Å². The Hall–Kier alpha value is -2.66. The van der Waals surface area contributed by atoms with E-state index in [1.807, 2.05) is 35.1 Å². The van der Waals surface area contributed by atoms with Gasteiger partial charge in [0.05, 0.1) is 24.3 Å². The number of nitrogens with one attached hydrogen (secondary N) is 1. The second-order valence-electron chi connectivity index (χ2n) is 6.46. The van der Waals surface area contributed by atoms with Crippen molar-refractivity contribution in [3.8, 4) is 0 Å². The zero-order valence-corrected chi connectivity index (χ0v) is 15.0. The third kappa shape index (κ3) is 3.35. The summed E-state index contributed by atoms with van der Waals surface area (Å²) < 4.78 is 2.00. The van der Waals surface area contributed by atoms with Gasteiger partial charge in [0.25, 0.3) is 5.91 Å². The minimum absolute atomic E-state index is 0.0218. The quantitative estimate of drug-likeness (QED) is 0.764. The van der Waals surface area contributed by atoms with Crippen molar-refractivity contribution < 1.29 is 4.79 Å². The van der Waals surface area contributed by atoms with Crippen molar-refractivity contribution in [2.24, 2.45) is 0 Å². The highest BCUT2D eigenvalue weighted by molar-refractivity contribution is 6.31. The number of aromatic nitrogens is 3. The number of fused-ring (bicyclic) bond motifs is 1. The van der Waals surface area contributed by atoms with E-state index in [1.54, 1.807) is 24.5 Å². The van der Waals surface area contributed by atoms with Crippen molar-refractivity contribution in [2.75, 3.05) is 0 Å². The summed E-state index contributed by atoms with van der Waals surface area (Å²) in [6, 6.07) is 11.3. The number of carbonyl (C=O) groups is 1. The fraction of sp³-hybridized carbons (Fsp3) is 0.250. The Bertz CT molecular complexity index is 923. The molecule has 0 fully saturated rings. The van der Waals surface area contributed by atoms with Crippen molar-refractivity contribution >= 4 is 17.5 Å². The summed E-state index contributed by atoms with van der Waals surface area (Å²) in [6.45, 7) is 0.637. The maximum Gasteiger partial charge on any atom is 0.253 e. The number of hydrogen-bond donors (Lipinski definition) is 1. The normalized spacial score (nSPS) is 16.1. The zero-order chi connectivity index (χ0) is 17.9. The molecule has 0 saturated carbocycles. The number of amides is 1. The van der Waals surface area contributed by atoms with E-state index in [4.69, 9.17) is 11.6 Å². The van der Waals surface area contributed by atoms with Gasteiger partial charge in [-0.05, 0) is 43.0 Å². The average Bonchev–Trinajstić information content (AvgIpc) is 3.08. The first-order valence-electron chi connectivity index (χ1n) is 8.71. The van der Waals surface area contributed by atoms with Gasteiger partial charge >= 0.3 is 0 Å². The summed E-state index contributed by atoms with van der Waals surface area (Å²) >= 11 is 6.29. The molecule has 1 aromatic carbocycles. The molecule has 1 amide bonds. The van der Waals surface area contributed by atoms with Gasteiger partial charge in [0.15, 0.2) is 0 Å². The van der Waals surface area contributed by atoms with Gasteiger partial charge in [0, 0.05) is 28.7 Å². The third-order valence-electron chi connectivity index (χ3n) is 4.77. The molecule has 0 bridgehead atoms. The Morgan fingerprint density at radius 1 is 1.23 bits per heavy atom. The molecule has 0 saturated heterocycles. The molecule has 1 aliphatic rings. The van der Waals surface area contributed by atoms with E-state index in [-0.39, 0.29) is 11.9 Å². The van der Waals surface area contributed by atoms with Crippen LogP contribution in [0.15, 0.2) is 55.0 Å². The number of carbonyl (C=O) groups excluding carboxylic acids is 1. The molecule has 0 spiro atoms. The highest BCUT2D eigenvalue weighted by Crippen LogP contribution is 2.30. The minimum atomic E-state index is -0.102. The summed E-state index contributed by atoms with van der Waals surface area (Å²) in [5.74, 6) is -0.102. The Morgan fingerprint density at radius 3 is 2.92 bits per heavy atom. The summed E-state index contributed by atoms with van der Waals surface area (Å²) in [7, 11) is 0. The van der Waals surface area contributed by atoms with Crippen LogP contribution in [-0.2, 0) is 13.0 Å². The van der Waals surface area contributed by atoms with Crippen LogP contribution in [0.2, 0.25) is 5.02 Å². The molecule has 2 heterocycles. The maximum atomic E-state index is 12.5. The predicted molar refractivity (Wildman–Crippen MR) is 100 cm³/mol. The lowest BCUT2D eigenvalue weighted by Crippen LogP contribution is -2.31. The molecule has 4 rings (SSSR count). The molecule has 0 unspecified atom stereocenters. The lowest BCUT2D eigenvalue weighted by Gasteiger charge is -2.24. The van der Waals surface area contributed by atoms with Crippen LogP contribution in [0.25, 0.3) is 0 Å². The molecule has 3 aromatic rings. The van der Waals surface area contributed by atoms with Crippen LogP contribution in [-0.4, -0.2) is 20.7 Å². The molecule has 0 aliphatic heterocycles. The van der Waals surface area contributed by atoms with Crippen LogP contribution in [0.5, 0.6) is 0 Å². The van der Waals surface area contributed by atoms with E-state index in [0.29, 0.717) is 12.1 Å². The maximum absolute atomic E-state index is 12.5. The summed E-state index contributed by atoms with van der Waals surface area (Å²) in [5.41, 5.74) is 3.89. The fourth-order valence-electron chi connectivity index (χ4n) is 3.43. The highest BCUT2D eigenvalue weighted by Gasteiger charge is 2.26. The Kier molecular flexibility index (Phi) is 4.71. The van der Waals surface area contributed by atoms with Gasteiger partial charge in [-0.2, -0.15) is 5.10 Å². The van der Waals surface area contributed by atoms with Crippen LogP contribution >= 0.6 is 11.6 Å². The first-order valence-corrected chi connectivity index (χ1v) is 9.09. The van der Waals surface area contributed by atoms with E-state index in [1.165, 1.54) is 5.69 Å². The molecule has 6 heteroatoms. The van der Waals surface area contributed by atoms with E-state index in [2.05, 4.69) is 15.4 Å². The Morgan fingerprint density at radius 2 is 2.12 bits per heavy atom. The lowest BCUT2D eigenvalue weighted by atomic mass is 9.92. The van der Waals surface area contributed by atoms with E-state index >= 15 is 0 Å². The van der Waals surface area contributed by atoms with Gasteiger partial charge < -0.3 is 5.32 Å². The summed E-state index contributed by atoms with van der Waals surface area (Å²) in [6.07, 6.45) is 8.00. The van der Waals surface area contributed by atoms with Crippen molar-refractivity contribution in [1.82, 2.24) is 20.1 Å². The monoisotopic (exact) mass is 366 g/mol. The van der Waals surface area contributed by atoms with Crippen LogP contribution in [0.1, 0.15) is 46.1 Å². The summed E-state index contributed by atoms with van der Waals surface area (Å²) in [4.78, 5) is 16.5. The molecule has 132 valence electrons. The third-order valence-corrected chi connectivity index (χ3v) is 5.14. The van der Waals surface area contributed by atoms with Gasteiger partial charge in [0.2, 0.25) is 0 Å². The van der Waals surface area contributed by atoms with E-state index in [0.717, 1.165) is 35.4 Å². The molecule has 0 radical (unpaired) electrons. The molecular formula is C20H19ClN4O. The first kappa shape index (κ1) is 16.8. The molecular weight excluding hydrogens is 348 g/mol. The number of halogens is 1. The van der Waals surface area contributed by atoms with Crippen LogP contribution in [0.4, 0.5) is 0 Å². The van der Waals surface area contributed by atoms with Crippen LogP contribution in [0, 0.1) is 0 Å². The molecule has 2 aromatic heterocycles. The predicted octanol–water partition coefficient (Wildman–Crippen LogP) is 3.79. The topological polar surface area (TPSA) is 59.8 Å². The SMILES string of the molecule is O=C(N[C@@H]1CCCc2c1cnn2Cc1ccccc1Cl)c1cccnc1. The average molecular weight is 367 g/mol. The van der Waals surface area contributed by atoms with Gasteiger partial charge in [-0.1, -0.05) is 29.8 Å². The van der Waals surface area contributed by atoms with Gasteiger partial charge in [-0.3, -0.25) is 14.5 Å². The van der Waals surface area contributed by atoms with Crippen molar-refractivity contribution in [3.63, 3.8) is 0 Å². The molecule has 1 aliphatic carbocycles. The second-order valence-corrected chi connectivity index (χ2v) is 6.86. The number of rotatable bonds is 4. The number of pyridine rings is 1. The lowest BCUT2D eigenvalue weighted by molar-refractivity contribution is 0.0932. The fourth-order valence-corrected chi connectivity index (χ4v) is 3.63. The Balaban J connectivity index is 1.55. The van der Waals surface area contributed by atoms with E-state index < -0.39 is 0 Å². The minimum Gasteiger partial charge on any atom is -0.345 e. The first-order chi connectivity index (χ1) is 12.7. The van der Waals surface area contributed by atoms with Crippen LogP contribution in [0.3, 0.4) is 0 Å². The number of nitrogens with zero attached hydrogens (tertiary/aromatic N) is 3. The van der Waals surface area contributed by atoms with Crippen LogP contribution < -0.4 is 5.32 Å². The largest absolute Gasteiger partial charge is 0.345 e.